The molecule has 34 heavy (non-hydrogen) atoms. The van der Waals surface area contributed by atoms with Gasteiger partial charge in [0.2, 0.25) is 5.91 Å². The highest BCUT2D eigenvalue weighted by molar-refractivity contribution is 6.08. The van der Waals surface area contributed by atoms with E-state index in [4.69, 9.17) is 0 Å². The van der Waals surface area contributed by atoms with Crippen molar-refractivity contribution in [2.24, 2.45) is 5.92 Å². The average molecular weight is 454 g/mol. The molecule has 4 nitrogen and oxygen atoms in total. The van der Waals surface area contributed by atoms with Gasteiger partial charge in [0.15, 0.2) is 0 Å². The Kier molecular flexibility index (Phi) is 6.42. The SMILES string of the molecule is CCn1c2ccccc2c2cc(CN3CCC(c4ccc(NC(=O)C(C)C)cc4)CC3)ccc21. The van der Waals surface area contributed by atoms with Gasteiger partial charge in [-0.2, -0.15) is 0 Å². The molecule has 1 fully saturated rings. The summed E-state index contributed by atoms with van der Waals surface area (Å²) in [6.07, 6.45) is 2.35. The predicted octanol–water partition coefficient (Wildman–Crippen LogP) is 6.79. The van der Waals surface area contributed by atoms with Crippen LogP contribution in [0.5, 0.6) is 0 Å². The van der Waals surface area contributed by atoms with Crippen LogP contribution in [0.1, 0.15) is 50.7 Å². The number of hydrogen-bond acceptors (Lipinski definition) is 2. The quantitative estimate of drug-likeness (QED) is 0.349. The first-order valence-electron chi connectivity index (χ1n) is 12.7. The van der Waals surface area contributed by atoms with Gasteiger partial charge in [0.05, 0.1) is 0 Å². The summed E-state index contributed by atoms with van der Waals surface area (Å²) in [6, 6.07) is 24.2. The third-order valence-electron chi connectivity index (χ3n) is 7.32. The average Bonchev–Trinajstić information content (AvgIpc) is 3.18. The van der Waals surface area contributed by atoms with Crippen molar-refractivity contribution in [1.82, 2.24) is 9.47 Å². The van der Waals surface area contributed by atoms with E-state index in [0.29, 0.717) is 5.92 Å². The Morgan fingerprint density at radius 3 is 2.35 bits per heavy atom. The lowest BCUT2D eigenvalue weighted by molar-refractivity contribution is -0.118. The van der Waals surface area contributed by atoms with E-state index in [0.717, 1.165) is 31.9 Å². The number of aromatic nitrogens is 1. The Balaban J connectivity index is 1.23. The van der Waals surface area contributed by atoms with Crippen LogP contribution in [0.4, 0.5) is 5.69 Å². The van der Waals surface area contributed by atoms with Crippen LogP contribution in [-0.4, -0.2) is 28.5 Å². The van der Waals surface area contributed by atoms with E-state index in [1.165, 1.54) is 45.8 Å². The number of fused-ring (bicyclic) bond motifs is 3. The number of carbonyl (C=O) groups is 1. The van der Waals surface area contributed by atoms with Crippen molar-refractivity contribution >= 4 is 33.4 Å². The summed E-state index contributed by atoms with van der Waals surface area (Å²) in [5, 5.41) is 5.71. The molecule has 0 saturated carbocycles. The molecule has 0 radical (unpaired) electrons. The van der Waals surface area contributed by atoms with E-state index in [2.05, 4.69) is 76.3 Å². The van der Waals surface area contributed by atoms with Crippen molar-refractivity contribution in [2.45, 2.75) is 52.6 Å². The molecule has 0 atom stereocenters. The molecule has 1 amide bonds. The molecule has 3 aromatic carbocycles. The topological polar surface area (TPSA) is 37.3 Å². The van der Waals surface area contributed by atoms with Gasteiger partial charge in [0.1, 0.15) is 0 Å². The first-order valence-corrected chi connectivity index (χ1v) is 12.7. The van der Waals surface area contributed by atoms with E-state index in [1.54, 1.807) is 0 Å². The van der Waals surface area contributed by atoms with Crippen molar-refractivity contribution in [3.05, 3.63) is 77.9 Å². The highest BCUT2D eigenvalue weighted by Gasteiger charge is 2.21. The summed E-state index contributed by atoms with van der Waals surface area (Å²) in [4.78, 5) is 14.5. The molecule has 4 aromatic rings. The number of benzene rings is 3. The molecule has 1 N–H and O–H groups in total. The maximum Gasteiger partial charge on any atom is 0.226 e. The fourth-order valence-electron chi connectivity index (χ4n) is 5.35. The summed E-state index contributed by atoms with van der Waals surface area (Å²) >= 11 is 0. The van der Waals surface area contributed by atoms with E-state index in [9.17, 15) is 4.79 Å². The van der Waals surface area contributed by atoms with Crippen LogP contribution in [-0.2, 0) is 17.9 Å². The second kappa shape index (κ2) is 9.63. The summed E-state index contributed by atoms with van der Waals surface area (Å²) in [5.41, 5.74) is 6.33. The van der Waals surface area contributed by atoms with Gasteiger partial charge in [-0.15, -0.1) is 0 Å². The number of nitrogens with zero attached hydrogens (tertiary/aromatic N) is 2. The lowest BCUT2D eigenvalue weighted by Gasteiger charge is -2.32. The van der Waals surface area contributed by atoms with Gasteiger partial charge >= 0.3 is 0 Å². The molecule has 1 saturated heterocycles. The molecular formula is C30H35N3O. The number of likely N-dealkylation sites (tertiary alicyclic amines) is 1. The van der Waals surface area contributed by atoms with Gasteiger partial charge < -0.3 is 9.88 Å². The molecule has 2 heterocycles. The molecule has 5 rings (SSSR count). The van der Waals surface area contributed by atoms with Crippen LogP contribution in [0.3, 0.4) is 0 Å². The Morgan fingerprint density at radius 1 is 0.941 bits per heavy atom. The third-order valence-corrected chi connectivity index (χ3v) is 7.32. The number of rotatable bonds is 6. The highest BCUT2D eigenvalue weighted by atomic mass is 16.1. The van der Waals surface area contributed by atoms with Crippen LogP contribution >= 0.6 is 0 Å². The van der Waals surface area contributed by atoms with Crippen molar-refractivity contribution in [2.75, 3.05) is 18.4 Å². The molecule has 1 aliphatic rings. The number of piperidine rings is 1. The Hall–Kier alpha value is -3.11. The van der Waals surface area contributed by atoms with Crippen LogP contribution in [0.2, 0.25) is 0 Å². The molecule has 0 unspecified atom stereocenters. The van der Waals surface area contributed by atoms with E-state index in [1.807, 2.05) is 26.0 Å². The molecular weight excluding hydrogens is 418 g/mol. The summed E-state index contributed by atoms with van der Waals surface area (Å²) in [7, 11) is 0. The Morgan fingerprint density at radius 2 is 1.65 bits per heavy atom. The van der Waals surface area contributed by atoms with Gasteiger partial charge in [-0.3, -0.25) is 9.69 Å². The monoisotopic (exact) mass is 453 g/mol. The summed E-state index contributed by atoms with van der Waals surface area (Å²) < 4.78 is 2.42. The molecule has 1 aliphatic heterocycles. The maximum absolute atomic E-state index is 11.9. The van der Waals surface area contributed by atoms with Gasteiger partial charge in [-0.05, 0) is 80.2 Å². The minimum atomic E-state index is -0.00463. The highest BCUT2D eigenvalue weighted by Crippen LogP contribution is 2.32. The zero-order valence-electron chi connectivity index (χ0n) is 20.6. The molecule has 0 aliphatic carbocycles. The van der Waals surface area contributed by atoms with Crippen LogP contribution in [0.15, 0.2) is 66.7 Å². The number of carbonyl (C=O) groups excluding carboxylic acids is 1. The van der Waals surface area contributed by atoms with E-state index in [-0.39, 0.29) is 11.8 Å². The minimum absolute atomic E-state index is 0.00463. The zero-order chi connectivity index (χ0) is 23.7. The number of amides is 1. The van der Waals surface area contributed by atoms with Gasteiger partial charge in [0, 0.05) is 46.5 Å². The molecule has 0 spiro atoms. The van der Waals surface area contributed by atoms with E-state index < -0.39 is 0 Å². The van der Waals surface area contributed by atoms with Crippen LogP contribution < -0.4 is 5.32 Å². The molecule has 4 heteroatoms. The fraction of sp³-hybridized carbons (Fsp3) is 0.367. The lowest BCUT2D eigenvalue weighted by Crippen LogP contribution is -2.32. The zero-order valence-corrected chi connectivity index (χ0v) is 20.6. The first kappa shape index (κ1) is 22.7. The standard InChI is InChI=1S/C30H35N3O/c1-4-33-28-8-6-5-7-26(28)27-19-22(9-14-29(27)33)20-32-17-15-24(16-18-32)23-10-12-25(13-11-23)31-30(34)21(2)3/h5-14,19,21,24H,4,15-18,20H2,1-3H3,(H,31,34). The molecule has 0 bridgehead atoms. The minimum Gasteiger partial charge on any atom is -0.341 e. The number of anilines is 1. The Bertz CT molecular complexity index is 1290. The number of nitrogens with one attached hydrogen (secondary N) is 1. The van der Waals surface area contributed by atoms with Gasteiger partial charge in [-0.25, -0.2) is 0 Å². The fourth-order valence-corrected chi connectivity index (χ4v) is 5.35. The summed E-state index contributed by atoms with van der Waals surface area (Å²) in [5.74, 6) is 0.657. The predicted molar refractivity (Wildman–Crippen MR) is 142 cm³/mol. The van der Waals surface area contributed by atoms with Crippen LogP contribution in [0.25, 0.3) is 21.8 Å². The maximum atomic E-state index is 11.9. The molecule has 176 valence electrons. The van der Waals surface area contributed by atoms with E-state index >= 15 is 0 Å². The lowest BCUT2D eigenvalue weighted by atomic mass is 9.89. The first-order chi connectivity index (χ1) is 16.5. The van der Waals surface area contributed by atoms with Crippen molar-refractivity contribution in [1.29, 1.82) is 0 Å². The number of para-hydroxylation sites is 1. The third kappa shape index (κ3) is 4.47. The largest absolute Gasteiger partial charge is 0.341 e. The second-order valence-corrected chi connectivity index (χ2v) is 9.93. The van der Waals surface area contributed by atoms with Crippen molar-refractivity contribution < 1.29 is 4.79 Å². The van der Waals surface area contributed by atoms with Crippen LogP contribution in [0, 0.1) is 5.92 Å². The number of aryl methyl sites for hydroxylation is 1. The normalized spacial score (nSPS) is 15.4. The Labute approximate surface area is 202 Å². The van der Waals surface area contributed by atoms with Gasteiger partial charge in [-0.1, -0.05) is 50.2 Å². The van der Waals surface area contributed by atoms with Crippen molar-refractivity contribution in [3.63, 3.8) is 0 Å². The van der Waals surface area contributed by atoms with Gasteiger partial charge in [0.25, 0.3) is 0 Å². The molecule has 1 aromatic heterocycles. The van der Waals surface area contributed by atoms with Crippen molar-refractivity contribution in [3.8, 4) is 0 Å². The summed E-state index contributed by atoms with van der Waals surface area (Å²) in [6.45, 7) is 10.3. The smallest absolute Gasteiger partial charge is 0.226 e. The second-order valence-electron chi connectivity index (χ2n) is 9.93. The number of hydrogen-bond donors (Lipinski definition) is 1.